The topological polar surface area (TPSA) is 114 Å². The largest absolute Gasteiger partial charge is 0.389 e. The van der Waals surface area contributed by atoms with Crippen LogP contribution < -0.4 is 0 Å². The first kappa shape index (κ1) is 25.2. The lowest BCUT2D eigenvalue weighted by molar-refractivity contribution is -0.143. The van der Waals surface area contributed by atoms with Crippen molar-refractivity contribution in [2.24, 2.45) is 5.92 Å². The maximum absolute atomic E-state index is 13.7. The lowest BCUT2D eigenvalue weighted by Crippen LogP contribution is -2.65. The Morgan fingerprint density at radius 1 is 0.750 bits per heavy atom. The van der Waals surface area contributed by atoms with Crippen molar-refractivity contribution in [3.8, 4) is 22.5 Å². The van der Waals surface area contributed by atoms with Crippen LogP contribution in [0.25, 0.3) is 39.3 Å². The molecular formula is C35H26N6O3. The highest BCUT2D eigenvalue weighted by Crippen LogP contribution is 2.61. The van der Waals surface area contributed by atoms with Crippen LogP contribution in [-0.4, -0.2) is 52.0 Å². The highest BCUT2D eigenvalue weighted by atomic mass is 16.3. The zero-order chi connectivity index (χ0) is 29.6. The van der Waals surface area contributed by atoms with Gasteiger partial charge in [-0.25, -0.2) is 15.0 Å². The Morgan fingerprint density at radius 3 is 2.07 bits per heavy atom. The average Bonchev–Trinajstić information content (AvgIpc) is 3.74. The van der Waals surface area contributed by atoms with E-state index in [2.05, 4.69) is 10.1 Å². The van der Waals surface area contributed by atoms with Crippen LogP contribution in [0, 0.1) is 5.92 Å². The predicted octanol–water partition coefficient (Wildman–Crippen LogP) is 5.43. The normalized spacial score (nSPS) is 22.9. The van der Waals surface area contributed by atoms with E-state index in [1.807, 2.05) is 60.7 Å². The van der Waals surface area contributed by atoms with Gasteiger partial charge in [-0.3, -0.25) is 14.5 Å². The van der Waals surface area contributed by atoms with Crippen LogP contribution >= 0.6 is 0 Å². The minimum absolute atomic E-state index is 0.208. The fourth-order valence-corrected chi connectivity index (χ4v) is 7.24. The Labute approximate surface area is 251 Å². The number of imide groups is 1. The fourth-order valence-electron chi connectivity index (χ4n) is 7.24. The average molecular weight is 579 g/mol. The Morgan fingerprint density at radius 2 is 1.39 bits per heavy atom. The van der Waals surface area contributed by atoms with Crippen molar-refractivity contribution in [2.75, 3.05) is 0 Å². The number of rotatable bonds is 5. The van der Waals surface area contributed by atoms with E-state index >= 15 is 0 Å². The van der Waals surface area contributed by atoms with E-state index in [0.29, 0.717) is 52.2 Å². The molecule has 214 valence electrons. The number of aromatic nitrogens is 5. The summed E-state index contributed by atoms with van der Waals surface area (Å²) < 4.78 is 1.68. The van der Waals surface area contributed by atoms with Crippen LogP contribution in [0.5, 0.6) is 0 Å². The summed E-state index contributed by atoms with van der Waals surface area (Å²) in [5, 5.41) is 15.9. The van der Waals surface area contributed by atoms with Gasteiger partial charge in [0.1, 0.15) is 5.52 Å². The number of fused-ring (bicyclic) bond motifs is 4. The number of carbonyl (C=O) groups excluding carboxylic acids is 2. The van der Waals surface area contributed by atoms with E-state index in [9.17, 15) is 14.7 Å². The monoisotopic (exact) mass is 578 g/mol. The van der Waals surface area contributed by atoms with Gasteiger partial charge in [-0.15, -0.1) is 0 Å². The molecule has 9 heteroatoms. The lowest BCUT2D eigenvalue weighted by atomic mass is 9.58. The molecule has 3 aromatic heterocycles. The Bertz CT molecular complexity index is 2110. The third kappa shape index (κ3) is 3.50. The van der Waals surface area contributed by atoms with Gasteiger partial charge in [0.15, 0.2) is 11.3 Å². The quantitative estimate of drug-likeness (QED) is 0.271. The van der Waals surface area contributed by atoms with Crippen molar-refractivity contribution in [1.29, 1.82) is 0 Å². The Balaban J connectivity index is 1.18. The number of carbonyl (C=O) groups is 2. The SMILES string of the molecule is O=C1c2ccccc2C(=O)N1[C@]1(c2ccc(-c3nc4c(cnc5ccnn54)nc3-c3ccccc3)cc2)C[C@](O)(C2CC2)C1. The molecule has 0 atom stereocenters. The molecule has 0 saturated heterocycles. The van der Waals surface area contributed by atoms with Gasteiger partial charge < -0.3 is 5.11 Å². The molecule has 9 rings (SSSR count). The first-order valence-corrected chi connectivity index (χ1v) is 14.8. The van der Waals surface area contributed by atoms with E-state index in [1.165, 1.54) is 4.90 Å². The number of hydrogen-bond acceptors (Lipinski definition) is 7. The number of aliphatic hydroxyl groups is 1. The maximum Gasteiger partial charge on any atom is 0.262 e. The second-order valence-corrected chi connectivity index (χ2v) is 12.2. The second kappa shape index (κ2) is 8.87. The van der Waals surface area contributed by atoms with Crippen molar-refractivity contribution in [3.63, 3.8) is 0 Å². The van der Waals surface area contributed by atoms with Gasteiger partial charge in [-0.2, -0.15) is 9.61 Å². The fraction of sp³-hybridized carbons (Fsp3) is 0.200. The minimum atomic E-state index is -0.937. The molecule has 1 aliphatic heterocycles. The molecule has 4 heterocycles. The van der Waals surface area contributed by atoms with E-state index in [0.717, 1.165) is 29.5 Å². The first-order valence-electron chi connectivity index (χ1n) is 14.8. The third-order valence-corrected chi connectivity index (χ3v) is 9.55. The predicted molar refractivity (Wildman–Crippen MR) is 162 cm³/mol. The van der Waals surface area contributed by atoms with Gasteiger partial charge in [0.05, 0.1) is 46.0 Å². The summed E-state index contributed by atoms with van der Waals surface area (Å²) in [4.78, 5) is 43.3. The molecule has 3 aromatic carbocycles. The molecule has 44 heavy (non-hydrogen) atoms. The summed E-state index contributed by atoms with van der Waals surface area (Å²) in [7, 11) is 0. The molecule has 3 aliphatic rings. The number of hydrogen-bond donors (Lipinski definition) is 1. The lowest BCUT2D eigenvalue weighted by Gasteiger charge is -2.57. The van der Waals surface area contributed by atoms with Crippen molar-refractivity contribution in [2.45, 2.75) is 36.8 Å². The van der Waals surface area contributed by atoms with Crippen LogP contribution in [0.3, 0.4) is 0 Å². The van der Waals surface area contributed by atoms with Crippen molar-refractivity contribution in [3.05, 3.63) is 114 Å². The second-order valence-electron chi connectivity index (χ2n) is 12.2. The molecule has 0 bridgehead atoms. The van der Waals surface area contributed by atoms with Gasteiger partial charge >= 0.3 is 0 Å². The summed E-state index contributed by atoms with van der Waals surface area (Å²) in [5.41, 5.74) is 4.83. The third-order valence-electron chi connectivity index (χ3n) is 9.55. The Hall–Kier alpha value is -5.28. The van der Waals surface area contributed by atoms with Crippen LogP contribution in [0.1, 0.15) is 52.0 Å². The molecule has 0 radical (unpaired) electrons. The summed E-state index contributed by atoms with van der Waals surface area (Å²) in [5.74, 6) is -0.410. The summed E-state index contributed by atoms with van der Waals surface area (Å²) in [6.45, 7) is 0. The molecule has 2 amide bonds. The van der Waals surface area contributed by atoms with Crippen LogP contribution in [0.15, 0.2) is 97.3 Å². The van der Waals surface area contributed by atoms with Crippen molar-refractivity contribution in [1.82, 2.24) is 29.5 Å². The van der Waals surface area contributed by atoms with E-state index in [1.54, 1.807) is 41.2 Å². The van der Waals surface area contributed by atoms with Gasteiger partial charge in [0.2, 0.25) is 0 Å². The summed E-state index contributed by atoms with van der Waals surface area (Å²) in [6.07, 6.45) is 5.98. The zero-order valence-electron chi connectivity index (χ0n) is 23.6. The van der Waals surface area contributed by atoms with E-state index in [4.69, 9.17) is 9.97 Å². The van der Waals surface area contributed by atoms with Crippen molar-refractivity contribution >= 4 is 28.6 Å². The summed E-state index contributed by atoms with van der Waals surface area (Å²) in [6, 6.07) is 26.5. The molecule has 2 fully saturated rings. The maximum atomic E-state index is 13.7. The highest BCUT2D eigenvalue weighted by molar-refractivity contribution is 6.22. The molecule has 2 saturated carbocycles. The molecule has 0 unspecified atom stereocenters. The van der Waals surface area contributed by atoms with Crippen LogP contribution in [0.4, 0.5) is 0 Å². The van der Waals surface area contributed by atoms with Gasteiger partial charge in [0, 0.05) is 30.0 Å². The Kier molecular flexibility index (Phi) is 5.09. The van der Waals surface area contributed by atoms with Crippen LogP contribution in [0.2, 0.25) is 0 Å². The smallest absolute Gasteiger partial charge is 0.262 e. The first-order chi connectivity index (χ1) is 21.5. The van der Waals surface area contributed by atoms with Crippen molar-refractivity contribution < 1.29 is 14.7 Å². The molecule has 6 aromatic rings. The number of nitrogens with zero attached hydrogens (tertiary/aromatic N) is 6. The molecule has 2 aliphatic carbocycles. The zero-order valence-corrected chi connectivity index (χ0v) is 23.6. The molecule has 9 nitrogen and oxygen atoms in total. The van der Waals surface area contributed by atoms with E-state index in [-0.39, 0.29) is 17.7 Å². The van der Waals surface area contributed by atoms with Crippen LogP contribution in [-0.2, 0) is 5.54 Å². The van der Waals surface area contributed by atoms with E-state index < -0.39 is 11.1 Å². The molecule has 0 spiro atoms. The standard InChI is InChI=1S/C35H26N6O3/c42-32-25-8-4-5-9-26(25)33(43)40(32)34(19-35(44,20-34)24-14-15-24)23-12-10-22(11-13-23)30-29(21-6-2-1-3-7-21)38-27-18-36-28-16-17-37-41(28)31(27)39-30/h1-13,16-18,24,44H,14-15,19-20H2/t34-,35-. The molecule has 1 N–H and O–H groups in total. The number of benzene rings is 3. The number of amides is 2. The summed E-state index contributed by atoms with van der Waals surface area (Å²) >= 11 is 0. The van der Waals surface area contributed by atoms with Gasteiger partial charge in [-0.1, -0.05) is 66.7 Å². The van der Waals surface area contributed by atoms with Gasteiger partial charge in [0.25, 0.3) is 11.8 Å². The highest BCUT2D eigenvalue weighted by Gasteiger charge is 2.66. The molecular weight excluding hydrogens is 552 g/mol. The van der Waals surface area contributed by atoms with Gasteiger partial charge in [-0.05, 0) is 36.5 Å². The minimum Gasteiger partial charge on any atom is -0.389 e.